The van der Waals surface area contributed by atoms with Gasteiger partial charge in [-0.25, -0.2) is 4.79 Å². The molecule has 0 bridgehead atoms. The Bertz CT molecular complexity index is 569. The van der Waals surface area contributed by atoms with Gasteiger partial charge in [0, 0.05) is 24.0 Å². The average Bonchev–Trinajstić information content (AvgIpc) is 3.23. The molecular formula is C15H20N4O2. The maximum Gasteiger partial charge on any atom is 0.321 e. The van der Waals surface area contributed by atoms with E-state index in [9.17, 15) is 9.59 Å². The van der Waals surface area contributed by atoms with Gasteiger partial charge in [-0.2, -0.15) is 0 Å². The summed E-state index contributed by atoms with van der Waals surface area (Å²) < 4.78 is 0. The first-order chi connectivity index (χ1) is 10.1. The van der Waals surface area contributed by atoms with E-state index >= 15 is 0 Å². The number of benzene rings is 1. The number of nitrogen functional groups attached to an aromatic ring is 1. The molecule has 1 fully saturated rings. The fourth-order valence-electron chi connectivity index (χ4n) is 2.68. The minimum absolute atomic E-state index is 0.175. The van der Waals surface area contributed by atoms with Crippen LogP contribution in [-0.2, 0) is 11.2 Å². The van der Waals surface area contributed by atoms with Gasteiger partial charge in [-0.05, 0) is 43.4 Å². The third-order valence-electron chi connectivity index (χ3n) is 3.88. The third kappa shape index (κ3) is 3.26. The molecule has 0 radical (unpaired) electrons. The van der Waals surface area contributed by atoms with E-state index in [0.717, 1.165) is 49.2 Å². The van der Waals surface area contributed by atoms with Gasteiger partial charge < -0.3 is 16.0 Å². The number of rotatable bonds is 3. The summed E-state index contributed by atoms with van der Waals surface area (Å²) in [6.45, 7) is 0.975. The molecule has 1 aromatic carbocycles. The van der Waals surface area contributed by atoms with Crippen LogP contribution in [0.2, 0.25) is 0 Å². The maximum atomic E-state index is 12.0. The van der Waals surface area contributed by atoms with Crippen LogP contribution in [0, 0.1) is 0 Å². The van der Waals surface area contributed by atoms with Crippen molar-refractivity contribution in [2.24, 2.45) is 0 Å². The summed E-state index contributed by atoms with van der Waals surface area (Å²) >= 11 is 0. The molecule has 0 aromatic heterocycles. The summed E-state index contributed by atoms with van der Waals surface area (Å²) in [5.41, 5.74) is 8.85. The quantitative estimate of drug-likeness (QED) is 0.724. The highest BCUT2D eigenvalue weighted by molar-refractivity contribution is 5.96. The van der Waals surface area contributed by atoms with Gasteiger partial charge in [-0.15, -0.1) is 0 Å². The molecule has 0 unspecified atom stereocenters. The number of nitrogens with one attached hydrogen (secondary N) is 2. The minimum atomic E-state index is -0.396. The van der Waals surface area contributed by atoms with E-state index in [0.29, 0.717) is 0 Å². The molecular weight excluding hydrogens is 268 g/mol. The fourth-order valence-corrected chi connectivity index (χ4v) is 2.68. The van der Waals surface area contributed by atoms with Crippen molar-refractivity contribution in [3.8, 4) is 0 Å². The van der Waals surface area contributed by atoms with E-state index < -0.39 is 6.03 Å². The maximum absolute atomic E-state index is 12.0. The molecule has 0 saturated heterocycles. The van der Waals surface area contributed by atoms with Crippen molar-refractivity contribution < 1.29 is 9.59 Å². The highest BCUT2D eigenvalue weighted by atomic mass is 16.2. The highest BCUT2D eigenvalue weighted by Gasteiger charge is 2.25. The molecule has 1 saturated carbocycles. The Morgan fingerprint density at radius 2 is 2.14 bits per heavy atom. The lowest BCUT2D eigenvalue weighted by Crippen LogP contribution is -2.46. The third-order valence-corrected chi connectivity index (χ3v) is 3.88. The lowest BCUT2D eigenvalue weighted by molar-refractivity contribution is -0.118. The number of hydrogen-bond donors (Lipinski definition) is 3. The number of urea groups is 1. The van der Waals surface area contributed by atoms with Gasteiger partial charge in [-0.3, -0.25) is 10.1 Å². The second kappa shape index (κ2) is 5.63. The molecule has 1 aliphatic heterocycles. The molecule has 0 atom stereocenters. The van der Waals surface area contributed by atoms with Gasteiger partial charge in [0.15, 0.2) is 0 Å². The number of anilines is 2. The lowest BCUT2D eigenvalue weighted by atomic mass is 10.00. The monoisotopic (exact) mass is 288 g/mol. The summed E-state index contributed by atoms with van der Waals surface area (Å²) in [5, 5.41) is 5.12. The molecule has 21 heavy (non-hydrogen) atoms. The van der Waals surface area contributed by atoms with E-state index in [4.69, 9.17) is 5.73 Å². The van der Waals surface area contributed by atoms with Crippen molar-refractivity contribution in [2.45, 2.75) is 31.7 Å². The van der Waals surface area contributed by atoms with Crippen LogP contribution in [0.15, 0.2) is 18.2 Å². The van der Waals surface area contributed by atoms with Gasteiger partial charge in [0.05, 0.1) is 6.54 Å². The van der Waals surface area contributed by atoms with Gasteiger partial charge in [0.1, 0.15) is 0 Å². The highest BCUT2D eigenvalue weighted by Crippen LogP contribution is 2.30. The molecule has 1 aliphatic carbocycles. The van der Waals surface area contributed by atoms with Crippen LogP contribution in [0.3, 0.4) is 0 Å². The van der Waals surface area contributed by atoms with Crippen molar-refractivity contribution in [1.29, 1.82) is 0 Å². The smallest absolute Gasteiger partial charge is 0.321 e. The SMILES string of the molecule is Nc1cccc2c1CCCN2CC(=O)NC(=O)NC1CC1. The van der Waals surface area contributed by atoms with Crippen molar-refractivity contribution in [2.75, 3.05) is 23.7 Å². The van der Waals surface area contributed by atoms with Crippen LogP contribution >= 0.6 is 0 Å². The Labute approximate surface area is 123 Å². The molecule has 1 heterocycles. The average molecular weight is 288 g/mol. The van der Waals surface area contributed by atoms with Crippen LogP contribution in [0.25, 0.3) is 0 Å². The molecule has 1 aromatic rings. The summed E-state index contributed by atoms with van der Waals surface area (Å²) in [6.07, 6.45) is 3.89. The van der Waals surface area contributed by atoms with E-state index in [1.807, 2.05) is 23.1 Å². The van der Waals surface area contributed by atoms with Gasteiger partial charge >= 0.3 is 6.03 Å². The molecule has 6 nitrogen and oxygen atoms in total. The number of fused-ring (bicyclic) bond motifs is 1. The number of carbonyl (C=O) groups excluding carboxylic acids is 2. The Hall–Kier alpha value is -2.24. The van der Waals surface area contributed by atoms with Crippen molar-refractivity contribution in [1.82, 2.24) is 10.6 Å². The zero-order valence-electron chi connectivity index (χ0n) is 11.9. The Morgan fingerprint density at radius 3 is 2.90 bits per heavy atom. The Balaban J connectivity index is 1.61. The normalized spacial score (nSPS) is 17.0. The Morgan fingerprint density at radius 1 is 1.33 bits per heavy atom. The van der Waals surface area contributed by atoms with E-state index in [2.05, 4.69) is 10.6 Å². The zero-order chi connectivity index (χ0) is 14.8. The largest absolute Gasteiger partial charge is 0.398 e. The molecule has 3 rings (SSSR count). The minimum Gasteiger partial charge on any atom is -0.398 e. The van der Waals surface area contributed by atoms with Crippen molar-refractivity contribution >= 4 is 23.3 Å². The van der Waals surface area contributed by atoms with Gasteiger partial charge in [0.25, 0.3) is 0 Å². The molecule has 3 amide bonds. The second-order valence-corrected chi connectivity index (χ2v) is 5.67. The fraction of sp³-hybridized carbons (Fsp3) is 0.467. The molecule has 2 aliphatic rings. The second-order valence-electron chi connectivity index (χ2n) is 5.67. The molecule has 4 N–H and O–H groups in total. The first-order valence-electron chi connectivity index (χ1n) is 7.36. The van der Waals surface area contributed by atoms with Gasteiger partial charge in [-0.1, -0.05) is 6.07 Å². The first-order valence-corrected chi connectivity index (χ1v) is 7.36. The molecule has 6 heteroatoms. The summed E-state index contributed by atoms with van der Waals surface area (Å²) in [7, 11) is 0. The van der Waals surface area contributed by atoms with E-state index in [-0.39, 0.29) is 18.5 Å². The predicted molar refractivity (Wildman–Crippen MR) is 81.1 cm³/mol. The lowest BCUT2D eigenvalue weighted by Gasteiger charge is -2.31. The van der Waals surface area contributed by atoms with Crippen LogP contribution in [-0.4, -0.2) is 31.1 Å². The summed E-state index contributed by atoms with van der Waals surface area (Å²) in [4.78, 5) is 25.5. The first kappa shape index (κ1) is 13.7. The van der Waals surface area contributed by atoms with Crippen molar-refractivity contribution in [3.63, 3.8) is 0 Å². The van der Waals surface area contributed by atoms with Crippen LogP contribution in [0.1, 0.15) is 24.8 Å². The molecule has 0 spiro atoms. The van der Waals surface area contributed by atoms with Crippen LogP contribution < -0.4 is 21.3 Å². The number of nitrogens with two attached hydrogens (primary N) is 1. The molecule has 112 valence electrons. The number of carbonyl (C=O) groups is 2. The standard InChI is InChI=1S/C15H20N4O2/c16-12-4-1-5-13-11(12)3-2-8-19(13)9-14(20)18-15(21)17-10-6-7-10/h1,4-5,10H,2-3,6-9,16H2,(H2,17,18,20,21). The topological polar surface area (TPSA) is 87.5 Å². The van der Waals surface area contributed by atoms with E-state index in [1.54, 1.807) is 0 Å². The number of imide groups is 1. The number of amides is 3. The Kier molecular flexibility index (Phi) is 3.68. The number of nitrogens with zero attached hydrogens (tertiary/aromatic N) is 1. The van der Waals surface area contributed by atoms with Crippen molar-refractivity contribution in [3.05, 3.63) is 23.8 Å². The summed E-state index contributed by atoms with van der Waals surface area (Å²) in [6, 6.07) is 5.60. The van der Waals surface area contributed by atoms with Crippen LogP contribution in [0.4, 0.5) is 16.2 Å². The van der Waals surface area contributed by atoms with E-state index in [1.165, 1.54) is 0 Å². The summed E-state index contributed by atoms with van der Waals surface area (Å²) in [5.74, 6) is -0.288. The predicted octanol–water partition coefficient (Wildman–Crippen LogP) is 1.01. The number of hydrogen-bond acceptors (Lipinski definition) is 4. The van der Waals surface area contributed by atoms with Crippen LogP contribution in [0.5, 0.6) is 0 Å². The van der Waals surface area contributed by atoms with Gasteiger partial charge in [0.2, 0.25) is 5.91 Å². The zero-order valence-corrected chi connectivity index (χ0v) is 11.9.